The van der Waals surface area contributed by atoms with Gasteiger partial charge in [-0.3, -0.25) is 4.99 Å². The second-order valence-electron chi connectivity index (χ2n) is 6.52. The molecule has 122 valence electrons. The van der Waals surface area contributed by atoms with Crippen molar-refractivity contribution in [3.05, 3.63) is 16.1 Å². The second-order valence-corrected chi connectivity index (χ2v) is 7.59. The first-order valence-corrected chi connectivity index (χ1v) is 9.10. The van der Waals surface area contributed by atoms with Crippen molar-refractivity contribution in [1.82, 2.24) is 20.1 Å². The molecular formula is C16H27N5S. The molecule has 2 aliphatic rings. The Morgan fingerprint density at radius 3 is 2.95 bits per heavy atom. The molecule has 22 heavy (non-hydrogen) atoms. The maximum atomic E-state index is 4.53. The Balaban J connectivity index is 1.45. The average Bonchev–Trinajstić information content (AvgIpc) is 3.11. The van der Waals surface area contributed by atoms with E-state index in [9.17, 15) is 0 Å². The third kappa shape index (κ3) is 3.98. The zero-order valence-corrected chi connectivity index (χ0v) is 14.7. The topological polar surface area (TPSA) is 43.8 Å². The first-order valence-electron chi connectivity index (χ1n) is 8.22. The normalized spacial score (nSPS) is 23.0. The van der Waals surface area contributed by atoms with Crippen molar-refractivity contribution in [2.24, 2.45) is 10.9 Å². The van der Waals surface area contributed by atoms with Gasteiger partial charge in [0, 0.05) is 38.6 Å². The molecule has 2 fully saturated rings. The van der Waals surface area contributed by atoms with Crippen LogP contribution in [-0.4, -0.2) is 60.5 Å². The average molecular weight is 321 g/mol. The van der Waals surface area contributed by atoms with Gasteiger partial charge in [0.2, 0.25) is 0 Å². The summed E-state index contributed by atoms with van der Waals surface area (Å²) in [5, 5.41) is 6.79. The summed E-state index contributed by atoms with van der Waals surface area (Å²) in [6, 6.07) is 0.903. The van der Waals surface area contributed by atoms with E-state index in [1.54, 1.807) is 11.3 Å². The van der Waals surface area contributed by atoms with E-state index in [-0.39, 0.29) is 0 Å². The monoisotopic (exact) mass is 321 g/mol. The van der Waals surface area contributed by atoms with Gasteiger partial charge >= 0.3 is 0 Å². The van der Waals surface area contributed by atoms with Crippen molar-refractivity contribution in [3.8, 4) is 0 Å². The van der Waals surface area contributed by atoms with Crippen LogP contribution in [-0.2, 0) is 6.54 Å². The van der Waals surface area contributed by atoms with Crippen LogP contribution >= 0.6 is 11.3 Å². The molecule has 1 unspecified atom stereocenters. The molecule has 2 heterocycles. The van der Waals surface area contributed by atoms with Crippen molar-refractivity contribution in [2.45, 2.75) is 38.8 Å². The maximum absolute atomic E-state index is 4.53. The standard InChI is InChI=1S/C16H27N5S/c1-12-19-14(11-22-12)10-20(3)16(17-2)18-8-13-6-7-21(9-13)15-4-5-15/h11,13,15H,4-10H2,1-3H3,(H,17,18). The maximum Gasteiger partial charge on any atom is 0.193 e. The lowest BCUT2D eigenvalue weighted by Crippen LogP contribution is -2.41. The smallest absolute Gasteiger partial charge is 0.193 e. The fourth-order valence-corrected chi connectivity index (χ4v) is 3.82. The van der Waals surface area contributed by atoms with Gasteiger partial charge in [0.25, 0.3) is 0 Å². The van der Waals surface area contributed by atoms with E-state index in [1.165, 1.54) is 32.4 Å². The van der Waals surface area contributed by atoms with Crippen LogP contribution in [0.15, 0.2) is 10.4 Å². The zero-order chi connectivity index (χ0) is 15.5. The SMILES string of the molecule is CN=C(NCC1CCN(C2CC2)C1)N(C)Cc1csc(C)n1. The van der Waals surface area contributed by atoms with Crippen LogP contribution in [0.5, 0.6) is 0 Å². The van der Waals surface area contributed by atoms with E-state index < -0.39 is 0 Å². The predicted octanol–water partition coefficient (Wildman–Crippen LogP) is 1.94. The lowest BCUT2D eigenvalue weighted by Gasteiger charge is -2.23. The number of hydrogen-bond donors (Lipinski definition) is 1. The molecule has 1 aromatic heterocycles. The minimum Gasteiger partial charge on any atom is -0.356 e. The van der Waals surface area contributed by atoms with Crippen molar-refractivity contribution >= 4 is 17.3 Å². The number of aromatic nitrogens is 1. The number of guanidine groups is 1. The Bertz CT molecular complexity index is 522. The van der Waals surface area contributed by atoms with Crippen molar-refractivity contribution in [1.29, 1.82) is 0 Å². The quantitative estimate of drug-likeness (QED) is 0.665. The highest BCUT2D eigenvalue weighted by Gasteiger charge is 2.34. The van der Waals surface area contributed by atoms with Crippen LogP contribution in [0.25, 0.3) is 0 Å². The van der Waals surface area contributed by atoms with Gasteiger partial charge in [-0.2, -0.15) is 0 Å². The van der Waals surface area contributed by atoms with Gasteiger partial charge in [0.05, 0.1) is 17.2 Å². The van der Waals surface area contributed by atoms with Gasteiger partial charge in [-0.05, 0) is 38.6 Å². The Morgan fingerprint density at radius 1 is 1.50 bits per heavy atom. The lowest BCUT2D eigenvalue weighted by atomic mass is 10.1. The molecule has 3 rings (SSSR count). The molecule has 1 aliphatic heterocycles. The van der Waals surface area contributed by atoms with Crippen molar-refractivity contribution in [2.75, 3.05) is 33.7 Å². The molecule has 0 aromatic carbocycles. The molecule has 0 radical (unpaired) electrons. The summed E-state index contributed by atoms with van der Waals surface area (Å²) in [6.07, 6.45) is 4.14. The highest BCUT2D eigenvalue weighted by atomic mass is 32.1. The lowest BCUT2D eigenvalue weighted by molar-refractivity contribution is 0.313. The number of nitrogens with one attached hydrogen (secondary N) is 1. The van der Waals surface area contributed by atoms with Gasteiger partial charge in [0.1, 0.15) is 0 Å². The number of aliphatic imine (C=N–C) groups is 1. The number of aryl methyl sites for hydroxylation is 1. The van der Waals surface area contributed by atoms with Gasteiger partial charge in [-0.1, -0.05) is 0 Å². The van der Waals surface area contributed by atoms with E-state index in [1.807, 2.05) is 14.0 Å². The summed E-state index contributed by atoms with van der Waals surface area (Å²) in [4.78, 5) is 13.8. The van der Waals surface area contributed by atoms with Crippen LogP contribution in [0.3, 0.4) is 0 Å². The molecule has 6 heteroatoms. The first kappa shape index (κ1) is 15.7. The van der Waals surface area contributed by atoms with Crippen LogP contribution < -0.4 is 5.32 Å². The van der Waals surface area contributed by atoms with E-state index in [0.717, 1.165) is 41.7 Å². The number of rotatable bonds is 5. The number of thiazole rings is 1. The number of nitrogens with zero attached hydrogens (tertiary/aromatic N) is 4. The fraction of sp³-hybridized carbons (Fsp3) is 0.750. The van der Waals surface area contributed by atoms with E-state index in [0.29, 0.717) is 0 Å². The molecule has 5 nitrogen and oxygen atoms in total. The minimum absolute atomic E-state index is 0.757. The Kier molecular flexibility index (Phi) is 4.98. The van der Waals surface area contributed by atoms with Gasteiger partial charge in [0.15, 0.2) is 5.96 Å². The van der Waals surface area contributed by atoms with Gasteiger partial charge in [-0.25, -0.2) is 4.98 Å². The minimum atomic E-state index is 0.757. The van der Waals surface area contributed by atoms with Crippen LogP contribution in [0.2, 0.25) is 0 Å². The molecule has 1 aromatic rings. The summed E-state index contributed by atoms with van der Waals surface area (Å²) in [5.74, 6) is 1.72. The molecule has 1 N–H and O–H groups in total. The summed E-state index contributed by atoms with van der Waals surface area (Å²) >= 11 is 1.70. The van der Waals surface area contributed by atoms with E-state index >= 15 is 0 Å². The van der Waals surface area contributed by atoms with Crippen LogP contribution in [0.4, 0.5) is 0 Å². The summed E-state index contributed by atoms with van der Waals surface area (Å²) in [5.41, 5.74) is 1.12. The highest BCUT2D eigenvalue weighted by Crippen LogP contribution is 2.31. The highest BCUT2D eigenvalue weighted by molar-refractivity contribution is 7.09. The third-order valence-electron chi connectivity index (χ3n) is 4.57. The molecule has 1 atom stereocenters. The summed E-state index contributed by atoms with van der Waals surface area (Å²) < 4.78 is 0. The van der Waals surface area contributed by atoms with Gasteiger partial charge < -0.3 is 15.1 Å². The first-order chi connectivity index (χ1) is 10.7. The van der Waals surface area contributed by atoms with Crippen LogP contribution in [0, 0.1) is 12.8 Å². The molecular weight excluding hydrogens is 294 g/mol. The molecule has 0 spiro atoms. The Hall–Kier alpha value is -1.14. The number of hydrogen-bond acceptors (Lipinski definition) is 4. The molecule has 0 bridgehead atoms. The molecule has 1 saturated carbocycles. The van der Waals surface area contributed by atoms with Crippen molar-refractivity contribution in [3.63, 3.8) is 0 Å². The third-order valence-corrected chi connectivity index (χ3v) is 5.39. The summed E-state index contributed by atoms with van der Waals surface area (Å²) in [6.45, 7) is 6.42. The molecule has 0 amide bonds. The summed E-state index contributed by atoms with van der Waals surface area (Å²) in [7, 11) is 3.94. The largest absolute Gasteiger partial charge is 0.356 e. The molecule has 1 saturated heterocycles. The van der Waals surface area contributed by atoms with Crippen LogP contribution in [0.1, 0.15) is 30.0 Å². The molecule has 1 aliphatic carbocycles. The Morgan fingerprint density at radius 2 is 2.32 bits per heavy atom. The van der Waals surface area contributed by atoms with E-state index in [2.05, 4.69) is 37.5 Å². The van der Waals surface area contributed by atoms with Crippen molar-refractivity contribution < 1.29 is 0 Å². The van der Waals surface area contributed by atoms with Gasteiger partial charge in [-0.15, -0.1) is 11.3 Å². The zero-order valence-electron chi connectivity index (χ0n) is 13.9. The number of likely N-dealkylation sites (tertiary alicyclic amines) is 1. The predicted molar refractivity (Wildman–Crippen MR) is 92.4 cm³/mol. The fourth-order valence-electron chi connectivity index (χ4n) is 3.22. The Labute approximate surface area is 137 Å². The second kappa shape index (κ2) is 6.96. The van der Waals surface area contributed by atoms with E-state index in [4.69, 9.17) is 0 Å².